The number of benzene rings is 1. The van der Waals surface area contributed by atoms with Crippen LogP contribution in [0.4, 0.5) is 10.6 Å². The van der Waals surface area contributed by atoms with Crippen LogP contribution >= 0.6 is 0 Å². The van der Waals surface area contributed by atoms with E-state index in [0.29, 0.717) is 19.0 Å². The highest BCUT2D eigenvalue weighted by Crippen LogP contribution is 2.36. The summed E-state index contributed by atoms with van der Waals surface area (Å²) in [6.45, 7) is 2.26. The standard InChI is InChI=1S/C20H26N4O3/c1-26-16-5-6-18(27-2)17(11-16)15-8-10-23(13-15)20(25)22-19-7-9-21-24(19)12-14-3-4-14/h5-7,9,11,14-15H,3-4,8,10,12-13H2,1-2H3,(H,22,25). The Morgan fingerprint density at radius 1 is 1.22 bits per heavy atom. The monoisotopic (exact) mass is 370 g/mol. The van der Waals surface area contributed by atoms with Gasteiger partial charge in [0.2, 0.25) is 0 Å². The molecule has 144 valence electrons. The third-order valence-corrected chi connectivity index (χ3v) is 5.43. The first-order chi connectivity index (χ1) is 13.2. The van der Waals surface area contributed by atoms with Gasteiger partial charge >= 0.3 is 6.03 Å². The minimum atomic E-state index is -0.0723. The number of aromatic nitrogens is 2. The molecule has 1 atom stereocenters. The van der Waals surface area contributed by atoms with Gasteiger partial charge in [-0.3, -0.25) is 5.32 Å². The van der Waals surface area contributed by atoms with Crippen LogP contribution in [0, 0.1) is 5.92 Å². The summed E-state index contributed by atoms with van der Waals surface area (Å²) in [6.07, 6.45) is 5.15. The van der Waals surface area contributed by atoms with E-state index >= 15 is 0 Å². The molecule has 1 saturated carbocycles. The lowest BCUT2D eigenvalue weighted by molar-refractivity contribution is 0.221. The summed E-state index contributed by atoms with van der Waals surface area (Å²) in [5, 5.41) is 7.35. The second kappa shape index (κ2) is 7.50. The van der Waals surface area contributed by atoms with Gasteiger partial charge in [0.15, 0.2) is 0 Å². The van der Waals surface area contributed by atoms with Crippen molar-refractivity contribution >= 4 is 11.8 Å². The molecule has 7 heteroatoms. The van der Waals surface area contributed by atoms with Gasteiger partial charge < -0.3 is 14.4 Å². The number of likely N-dealkylation sites (tertiary alicyclic amines) is 1. The highest BCUT2D eigenvalue weighted by Gasteiger charge is 2.30. The Morgan fingerprint density at radius 2 is 2.07 bits per heavy atom. The van der Waals surface area contributed by atoms with E-state index in [1.807, 2.05) is 33.8 Å². The first-order valence-electron chi connectivity index (χ1n) is 9.47. The molecule has 1 aliphatic heterocycles. The Labute approximate surface area is 159 Å². The van der Waals surface area contributed by atoms with Gasteiger partial charge in [0.1, 0.15) is 17.3 Å². The number of urea groups is 1. The lowest BCUT2D eigenvalue weighted by atomic mass is 9.97. The number of anilines is 1. The summed E-state index contributed by atoms with van der Waals surface area (Å²) in [6, 6.07) is 7.61. The maximum absolute atomic E-state index is 12.7. The second-order valence-electron chi connectivity index (χ2n) is 7.31. The maximum Gasteiger partial charge on any atom is 0.323 e. The summed E-state index contributed by atoms with van der Waals surface area (Å²) in [4.78, 5) is 14.6. The largest absolute Gasteiger partial charge is 0.497 e. The summed E-state index contributed by atoms with van der Waals surface area (Å²) in [5.41, 5.74) is 1.09. The molecule has 2 amide bonds. The van der Waals surface area contributed by atoms with Crippen molar-refractivity contribution in [2.24, 2.45) is 5.92 Å². The number of hydrogen-bond donors (Lipinski definition) is 1. The van der Waals surface area contributed by atoms with E-state index in [1.165, 1.54) is 12.8 Å². The minimum Gasteiger partial charge on any atom is -0.497 e. The van der Waals surface area contributed by atoms with Crippen LogP contribution in [0.25, 0.3) is 0 Å². The Bertz CT molecular complexity index is 815. The number of hydrogen-bond acceptors (Lipinski definition) is 4. The van der Waals surface area contributed by atoms with Crippen molar-refractivity contribution < 1.29 is 14.3 Å². The molecule has 0 bridgehead atoms. The van der Waals surface area contributed by atoms with Crippen LogP contribution in [-0.4, -0.2) is 48.0 Å². The maximum atomic E-state index is 12.7. The number of carbonyl (C=O) groups excluding carboxylic acids is 1. The summed E-state index contributed by atoms with van der Waals surface area (Å²) in [7, 11) is 3.33. The lowest BCUT2D eigenvalue weighted by Gasteiger charge is -2.19. The zero-order valence-electron chi connectivity index (χ0n) is 15.9. The topological polar surface area (TPSA) is 68.6 Å². The molecule has 2 heterocycles. The molecule has 7 nitrogen and oxygen atoms in total. The quantitative estimate of drug-likeness (QED) is 0.847. The van der Waals surface area contributed by atoms with E-state index in [1.54, 1.807) is 20.4 Å². The Morgan fingerprint density at radius 3 is 2.81 bits per heavy atom. The van der Waals surface area contributed by atoms with Gasteiger partial charge in [0, 0.05) is 37.2 Å². The number of nitrogens with zero attached hydrogens (tertiary/aromatic N) is 3. The highest BCUT2D eigenvalue weighted by molar-refractivity contribution is 5.88. The predicted molar refractivity (Wildman–Crippen MR) is 102 cm³/mol. The van der Waals surface area contributed by atoms with Gasteiger partial charge in [0.05, 0.1) is 20.4 Å². The van der Waals surface area contributed by atoms with Crippen LogP contribution in [0.3, 0.4) is 0 Å². The average Bonchev–Trinajstić information content (AvgIpc) is 3.18. The average molecular weight is 370 g/mol. The van der Waals surface area contributed by atoms with Crippen LogP contribution in [-0.2, 0) is 6.54 Å². The van der Waals surface area contributed by atoms with Crippen LogP contribution in [0.5, 0.6) is 11.5 Å². The Balaban J connectivity index is 1.42. The molecule has 1 unspecified atom stereocenters. The number of ether oxygens (including phenoxy) is 2. The predicted octanol–water partition coefficient (Wildman–Crippen LogP) is 3.33. The molecule has 1 N–H and O–H groups in total. The summed E-state index contributed by atoms with van der Waals surface area (Å²) in [5.74, 6) is 3.35. The molecule has 1 aliphatic carbocycles. The van der Waals surface area contributed by atoms with E-state index in [-0.39, 0.29) is 11.9 Å². The van der Waals surface area contributed by atoms with Crippen molar-refractivity contribution in [3.63, 3.8) is 0 Å². The zero-order valence-corrected chi connectivity index (χ0v) is 15.9. The van der Waals surface area contributed by atoms with Crippen molar-refractivity contribution in [2.45, 2.75) is 31.7 Å². The summed E-state index contributed by atoms with van der Waals surface area (Å²) < 4.78 is 12.8. The van der Waals surface area contributed by atoms with Crippen molar-refractivity contribution in [3.8, 4) is 11.5 Å². The van der Waals surface area contributed by atoms with E-state index in [2.05, 4.69) is 10.4 Å². The van der Waals surface area contributed by atoms with Crippen molar-refractivity contribution in [3.05, 3.63) is 36.0 Å². The fourth-order valence-electron chi connectivity index (χ4n) is 3.67. The van der Waals surface area contributed by atoms with Gasteiger partial charge in [-0.1, -0.05) is 0 Å². The zero-order chi connectivity index (χ0) is 18.8. The van der Waals surface area contributed by atoms with Gasteiger partial charge in [-0.25, -0.2) is 9.48 Å². The van der Waals surface area contributed by atoms with Crippen molar-refractivity contribution in [1.29, 1.82) is 0 Å². The molecule has 2 aromatic rings. The van der Waals surface area contributed by atoms with E-state index in [4.69, 9.17) is 9.47 Å². The lowest BCUT2D eigenvalue weighted by Crippen LogP contribution is -2.33. The number of amides is 2. The second-order valence-corrected chi connectivity index (χ2v) is 7.31. The first kappa shape index (κ1) is 17.7. The van der Waals surface area contributed by atoms with E-state index < -0.39 is 0 Å². The molecular formula is C20H26N4O3. The number of carbonyl (C=O) groups is 1. The van der Waals surface area contributed by atoms with Crippen LogP contribution in [0.2, 0.25) is 0 Å². The van der Waals surface area contributed by atoms with Crippen LogP contribution < -0.4 is 14.8 Å². The minimum absolute atomic E-state index is 0.0723. The van der Waals surface area contributed by atoms with Crippen molar-refractivity contribution in [1.82, 2.24) is 14.7 Å². The molecule has 27 heavy (non-hydrogen) atoms. The molecule has 1 aromatic carbocycles. The third kappa shape index (κ3) is 3.86. The fraction of sp³-hybridized carbons (Fsp3) is 0.500. The SMILES string of the molecule is COc1ccc(OC)c(C2CCN(C(=O)Nc3ccnn3CC3CC3)C2)c1. The molecule has 0 radical (unpaired) electrons. The molecule has 2 aliphatic rings. The number of nitrogens with one attached hydrogen (secondary N) is 1. The molecule has 0 spiro atoms. The molecule has 1 aromatic heterocycles. The molecule has 4 rings (SSSR count). The van der Waals surface area contributed by atoms with Crippen molar-refractivity contribution in [2.75, 3.05) is 32.6 Å². The molecule has 1 saturated heterocycles. The number of methoxy groups -OCH3 is 2. The van der Waals surface area contributed by atoms with E-state index in [0.717, 1.165) is 35.8 Å². The number of rotatable bonds is 6. The molecular weight excluding hydrogens is 344 g/mol. The van der Waals surface area contributed by atoms with Crippen LogP contribution in [0.1, 0.15) is 30.7 Å². The van der Waals surface area contributed by atoms with Gasteiger partial charge in [-0.15, -0.1) is 0 Å². The Hall–Kier alpha value is -2.70. The van der Waals surface area contributed by atoms with Crippen LogP contribution in [0.15, 0.2) is 30.5 Å². The normalized spacial score (nSPS) is 19.2. The fourth-order valence-corrected chi connectivity index (χ4v) is 3.67. The first-order valence-corrected chi connectivity index (χ1v) is 9.47. The van der Waals surface area contributed by atoms with Gasteiger partial charge in [-0.05, 0) is 43.4 Å². The molecule has 2 fully saturated rings. The Kier molecular flexibility index (Phi) is 4.92. The summed E-state index contributed by atoms with van der Waals surface area (Å²) >= 11 is 0. The third-order valence-electron chi connectivity index (χ3n) is 5.43. The van der Waals surface area contributed by atoms with E-state index in [9.17, 15) is 4.79 Å². The smallest absolute Gasteiger partial charge is 0.323 e. The van der Waals surface area contributed by atoms with Gasteiger partial charge in [0.25, 0.3) is 0 Å². The van der Waals surface area contributed by atoms with Gasteiger partial charge in [-0.2, -0.15) is 5.10 Å². The highest BCUT2D eigenvalue weighted by atomic mass is 16.5.